The zero-order valence-electron chi connectivity index (χ0n) is 21.3. The summed E-state index contributed by atoms with van der Waals surface area (Å²) in [7, 11) is 0. The Morgan fingerprint density at radius 3 is 2.49 bits per heavy atom. The van der Waals surface area contributed by atoms with Crippen LogP contribution in [0.4, 0.5) is 16.3 Å². The van der Waals surface area contributed by atoms with Crippen LogP contribution >= 0.6 is 0 Å². The molecule has 2 bridgehead atoms. The molecule has 3 aliphatic rings. The Balaban J connectivity index is 1.35. The van der Waals surface area contributed by atoms with Crippen LogP contribution in [0.5, 0.6) is 0 Å². The molecule has 1 saturated carbocycles. The van der Waals surface area contributed by atoms with Gasteiger partial charge >= 0.3 is 6.03 Å². The van der Waals surface area contributed by atoms with Gasteiger partial charge in [-0.15, -0.1) is 0 Å². The molecule has 3 aromatic rings. The summed E-state index contributed by atoms with van der Waals surface area (Å²) < 4.78 is 14.2. The second kappa shape index (κ2) is 10.3. The van der Waals surface area contributed by atoms with E-state index in [9.17, 15) is 4.79 Å². The molecule has 3 fully saturated rings. The summed E-state index contributed by atoms with van der Waals surface area (Å²) in [6.07, 6.45) is 10.1. The molecule has 3 N–H and O–H groups in total. The number of nitrogens with zero attached hydrogens (tertiary/aromatic N) is 5. The quantitative estimate of drug-likeness (QED) is 0.492. The van der Waals surface area contributed by atoms with Crippen LogP contribution in [0.1, 0.15) is 57.9 Å². The minimum absolute atomic E-state index is 0.250. The molecule has 0 radical (unpaired) electrons. The smallest absolute Gasteiger partial charge is 0.316 e. The van der Waals surface area contributed by atoms with Gasteiger partial charge in [0, 0.05) is 30.9 Å². The Morgan fingerprint density at radius 1 is 1.08 bits per heavy atom. The number of carbonyl (C=O) groups excluding carboxylic acids is 1. The Labute approximate surface area is 216 Å². The lowest BCUT2D eigenvalue weighted by Gasteiger charge is -2.33. The number of anilines is 2. The normalized spacial score (nSPS) is 25.5. The average molecular weight is 506 g/mol. The SMILES string of the molecule is CCCOC1CCC(n2ncc3c(N4CC5CCC(C4)O5)nc(-c4ccc(NC(N)=O)cc4)nc32)CC1. The third-order valence-corrected chi connectivity index (χ3v) is 7.73. The number of nitrogens with two attached hydrogens (primary N) is 1. The van der Waals surface area contributed by atoms with E-state index in [1.54, 1.807) is 0 Å². The van der Waals surface area contributed by atoms with Gasteiger partial charge in [0.2, 0.25) is 0 Å². The van der Waals surface area contributed by atoms with Gasteiger partial charge in [-0.3, -0.25) is 0 Å². The van der Waals surface area contributed by atoms with Gasteiger partial charge in [0.1, 0.15) is 5.82 Å². The zero-order valence-corrected chi connectivity index (χ0v) is 21.3. The average Bonchev–Trinajstić information content (AvgIpc) is 3.49. The first kappa shape index (κ1) is 24.1. The van der Waals surface area contributed by atoms with Crippen LogP contribution in [-0.2, 0) is 9.47 Å². The fraction of sp³-hybridized carbons (Fsp3) is 0.556. The van der Waals surface area contributed by atoms with Gasteiger partial charge in [0.05, 0.1) is 35.9 Å². The number of urea groups is 1. The fourth-order valence-corrected chi connectivity index (χ4v) is 5.92. The lowest BCUT2D eigenvalue weighted by atomic mass is 9.93. The number of rotatable bonds is 7. The highest BCUT2D eigenvalue weighted by atomic mass is 16.5. The molecule has 0 spiro atoms. The molecule has 2 atom stereocenters. The molecule has 2 aromatic heterocycles. The van der Waals surface area contributed by atoms with Crippen molar-refractivity contribution in [2.45, 2.75) is 76.2 Å². The molecule has 1 aliphatic carbocycles. The molecule has 10 heteroatoms. The van der Waals surface area contributed by atoms with Crippen molar-refractivity contribution in [2.75, 3.05) is 29.9 Å². The molecular formula is C27H35N7O3. The summed E-state index contributed by atoms with van der Waals surface area (Å²) in [4.78, 5) is 23.7. The van der Waals surface area contributed by atoms with Crippen LogP contribution in [0.3, 0.4) is 0 Å². The monoisotopic (exact) mass is 505 g/mol. The minimum Gasteiger partial charge on any atom is -0.378 e. The number of fused-ring (bicyclic) bond motifs is 3. The number of hydrogen-bond acceptors (Lipinski definition) is 7. The third-order valence-electron chi connectivity index (χ3n) is 7.73. The van der Waals surface area contributed by atoms with E-state index in [0.717, 1.165) is 87.1 Å². The number of primary amides is 1. The molecule has 2 aliphatic heterocycles. The molecule has 2 saturated heterocycles. The molecular weight excluding hydrogens is 470 g/mol. The number of ether oxygens (including phenoxy) is 2. The molecule has 6 rings (SSSR count). The van der Waals surface area contributed by atoms with Crippen LogP contribution in [-0.4, -0.2) is 63.8 Å². The first-order chi connectivity index (χ1) is 18.1. The number of hydrogen-bond donors (Lipinski definition) is 2. The van der Waals surface area contributed by atoms with Crippen molar-refractivity contribution in [2.24, 2.45) is 5.73 Å². The van der Waals surface area contributed by atoms with Gasteiger partial charge < -0.3 is 25.4 Å². The second-order valence-corrected chi connectivity index (χ2v) is 10.4. The van der Waals surface area contributed by atoms with Crippen molar-refractivity contribution in [3.05, 3.63) is 30.5 Å². The lowest BCUT2D eigenvalue weighted by molar-refractivity contribution is 0.0191. The van der Waals surface area contributed by atoms with E-state index in [2.05, 4.69) is 21.8 Å². The number of nitrogens with one attached hydrogen (secondary N) is 1. The van der Waals surface area contributed by atoms with Gasteiger partial charge in [0.25, 0.3) is 0 Å². The number of morpholine rings is 1. The van der Waals surface area contributed by atoms with Crippen molar-refractivity contribution in [3.63, 3.8) is 0 Å². The molecule has 4 heterocycles. The number of carbonyl (C=O) groups is 1. The molecule has 37 heavy (non-hydrogen) atoms. The highest BCUT2D eigenvalue weighted by Crippen LogP contribution is 2.37. The van der Waals surface area contributed by atoms with Crippen molar-refractivity contribution in [1.29, 1.82) is 0 Å². The predicted octanol–water partition coefficient (Wildman–Crippen LogP) is 4.26. The summed E-state index contributed by atoms with van der Waals surface area (Å²) in [6, 6.07) is 7.16. The number of benzene rings is 1. The van der Waals surface area contributed by atoms with Gasteiger partial charge in [-0.1, -0.05) is 6.92 Å². The summed E-state index contributed by atoms with van der Waals surface area (Å²) in [6.45, 7) is 4.64. The van der Waals surface area contributed by atoms with E-state index in [1.807, 2.05) is 30.5 Å². The van der Waals surface area contributed by atoms with Crippen LogP contribution < -0.4 is 16.0 Å². The van der Waals surface area contributed by atoms with Crippen LogP contribution in [0.15, 0.2) is 30.5 Å². The predicted molar refractivity (Wildman–Crippen MR) is 142 cm³/mol. The van der Waals surface area contributed by atoms with Crippen molar-refractivity contribution < 1.29 is 14.3 Å². The highest BCUT2D eigenvalue weighted by molar-refractivity contribution is 5.90. The van der Waals surface area contributed by atoms with Crippen LogP contribution in [0.25, 0.3) is 22.4 Å². The molecule has 2 amide bonds. The minimum atomic E-state index is -0.589. The maximum absolute atomic E-state index is 11.2. The molecule has 196 valence electrons. The van der Waals surface area contributed by atoms with E-state index in [-0.39, 0.29) is 18.2 Å². The maximum atomic E-state index is 11.2. The molecule has 1 aromatic carbocycles. The van der Waals surface area contributed by atoms with Crippen LogP contribution in [0, 0.1) is 0 Å². The number of aromatic nitrogens is 4. The van der Waals surface area contributed by atoms with E-state index < -0.39 is 6.03 Å². The van der Waals surface area contributed by atoms with Crippen molar-refractivity contribution >= 4 is 28.6 Å². The maximum Gasteiger partial charge on any atom is 0.316 e. The van der Waals surface area contributed by atoms with E-state index in [0.29, 0.717) is 17.6 Å². The summed E-state index contributed by atoms with van der Waals surface area (Å²) in [5.74, 6) is 1.57. The van der Waals surface area contributed by atoms with Crippen molar-refractivity contribution in [3.8, 4) is 11.4 Å². The van der Waals surface area contributed by atoms with E-state index in [1.165, 1.54) is 0 Å². The highest BCUT2D eigenvalue weighted by Gasteiger charge is 2.36. The van der Waals surface area contributed by atoms with Gasteiger partial charge in [-0.25, -0.2) is 19.4 Å². The van der Waals surface area contributed by atoms with E-state index in [4.69, 9.17) is 30.3 Å². The number of amides is 2. The first-order valence-electron chi connectivity index (χ1n) is 13.5. The van der Waals surface area contributed by atoms with Crippen LogP contribution in [0.2, 0.25) is 0 Å². The van der Waals surface area contributed by atoms with Gasteiger partial charge in [-0.2, -0.15) is 5.10 Å². The largest absolute Gasteiger partial charge is 0.378 e. The fourth-order valence-electron chi connectivity index (χ4n) is 5.92. The summed E-state index contributed by atoms with van der Waals surface area (Å²) >= 11 is 0. The topological polar surface area (TPSA) is 120 Å². The summed E-state index contributed by atoms with van der Waals surface area (Å²) in [5.41, 5.74) is 7.64. The second-order valence-electron chi connectivity index (χ2n) is 10.4. The Morgan fingerprint density at radius 2 is 1.81 bits per heavy atom. The zero-order chi connectivity index (χ0) is 25.4. The van der Waals surface area contributed by atoms with E-state index >= 15 is 0 Å². The Bertz CT molecular complexity index is 1240. The lowest BCUT2D eigenvalue weighted by Crippen LogP contribution is -2.43. The van der Waals surface area contributed by atoms with Gasteiger partial charge in [0.15, 0.2) is 11.5 Å². The standard InChI is InChI=1S/C27H35N7O3/c1-2-13-36-20-9-7-19(8-10-20)34-26-23(14-29-34)25(33-15-21-11-12-22(16-33)37-21)31-24(32-26)17-3-5-18(6-4-17)30-27(28)35/h3-6,14,19-22H,2,7-13,15-16H2,1H3,(H3,28,30,35). The Kier molecular flexibility index (Phi) is 6.69. The van der Waals surface area contributed by atoms with Crippen molar-refractivity contribution in [1.82, 2.24) is 19.7 Å². The summed E-state index contributed by atoms with van der Waals surface area (Å²) in [5, 5.41) is 8.45. The Hall–Kier alpha value is -3.24. The molecule has 10 nitrogen and oxygen atoms in total. The molecule has 2 unspecified atom stereocenters. The first-order valence-corrected chi connectivity index (χ1v) is 13.5. The van der Waals surface area contributed by atoms with Gasteiger partial charge in [-0.05, 0) is 69.2 Å². The third kappa shape index (κ3) is 5.00.